The summed E-state index contributed by atoms with van der Waals surface area (Å²) in [5, 5.41) is 2.15. The summed E-state index contributed by atoms with van der Waals surface area (Å²) in [7, 11) is 3.31. The molecule has 0 radical (unpaired) electrons. The molecule has 22 heavy (non-hydrogen) atoms. The molecule has 0 unspecified atom stereocenters. The Morgan fingerprint density at radius 1 is 0.727 bits per heavy atom. The number of ether oxygens (including phenoxy) is 3. The summed E-state index contributed by atoms with van der Waals surface area (Å²) >= 11 is 0. The maximum Gasteiger partial charge on any atom is 0.162 e. The van der Waals surface area contributed by atoms with Crippen LogP contribution in [0, 0.1) is 0 Å². The largest absolute Gasteiger partial charge is 0.497 e. The first-order valence-corrected chi connectivity index (χ1v) is 7.12. The minimum atomic E-state index is 0.513. The first-order chi connectivity index (χ1) is 10.8. The van der Waals surface area contributed by atoms with Crippen molar-refractivity contribution in [2.24, 2.45) is 0 Å². The first kappa shape index (κ1) is 14.3. The first-order valence-electron chi connectivity index (χ1n) is 7.12. The van der Waals surface area contributed by atoms with Gasteiger partial charge in [0.2, 0.25) is 0 Å². The lowest BCUT2D eigenvalue weighted by Crippen LogP contribution is -1.97. The third-order valence-electron chi connectivity index (χ3n) is 3.57. The molecule has 3 rings (SSSR count). The SMILES string of the molecule is COc1ccc2cc(OCc3ccccc3)c(OC)cc2c1. The topological polar surface area (TPSA) is 27.7 Å². The van der Waals surface area contributed by atoms with Gasteiger partial charge >= 0.3 is 0 Å². The van der Waals surface area contributed by atoms with Crippen molar-refractivity contribution in [1.29, 1.82) is 0 Å². The molecule has 0 spiro atoms. The van der Waals surface area contributed by atoms with Gasteiger partial charge in [-0.25, -0.2) is 0 Å². The van der Waals surface area contributed by atoms with Crippen LogP contribution in [0.4, 0.5) is 0 Å². The number of methoxy groups -OCH3 is 2. The van der Waals surface area contributed by atoms with Crippen molar-refractivity contribution in [2.45, 2.75) is 6.61 Å². The van der Waals surface area contributed by atoms with Crippen LogP contribution in [-0.4, -0.2) is 14.2 Å². The van der Waals surface area contributed by atoms with Crippen molar-refractivity contribution >= 4 is 10.8 Å². The minimum Gasteiger partial charge on any atom is -0.497 e. The third kappa shape index (κ3) is 2.98. The van der Waals surface area contributed by atoms with Crippen molar-refractivity contribution in [3.63, 3.8) is 0 Å². The molecule has 3 nitrogen and oxygen atoms in total. The summed E-state index contributed by atoms with van der Waals surface area (Å²) in [6.07, 6.45) is 0. The third-order valence-corrected chi connectivity index (χ3v) is 3.57. The van der Waals surface area contributed by atoms with Gasteiger partial charge in [-0.3, -0.25) is 0 Å². The molecule has 0 bridgehead atoms. The van der Waals surface area contributed by atoms with Gasteiger partial charge in [0.05, 0.1) is 14.2 Å². The van der Waals surface area contributed by atoms with Crippen LogP contribution in [0.3, 0.4) is 0 Å². The van der Waals surface area contributed by atoms with Crippen LogP contribution in [-0.2, 0) is 6.61 Å². The van der Waals surface area contributed by atoms with Crippen LogP contribution in [0.1, 0.15) is 5.56 Å². The highest BCUT2D eigenvalue weighted by molar-refractivity contribution is 5.87. The second-order valence-electron chi connectivity index (χ2n) is 4.99. The summed E-state index contributed by atoms with van der Waals surface area (Å²) in [5.74, 6) is 2.29. The van der Waals surface area contributed by atoms with Crippen molar-refractivity contribution in [3.8, 4) is 17.2 Å². The minimum absolute atomic E-state index is 0.513. The van der Waals surface area contributed by atoms with Crippen LogP contribution in [0.15, 0.2) is 60.7 Å². The second-order valence-corrected chi connectivity index (χ2v) is 4.99. The van der Waals surface area contributed by atoms with Gasteiger partial charge in [-0.1, -0.05) is 36.4 Å². The summed E-state index contributed by atoms with van der Waals surface area (Å²) in [6, 6.07) is 20.0. The molecule has 0 aromatic heterocycles. The van der Waals surface area contributed by atoms with Crippen LogP contribution < -0.4 is 14.2 Å². The van der Waals surface area contributed by atoms with Crippen LogP contribution in [0.2, 0.25) is 0 Å². The predicted molar refractivity (Wildman–Crippen MR) is 87.8 cm³/mol. The van der Waals surface area contributed by atoms with Gasteiger partial charge in [0.25, 0.3) is 0 Å². The molecule has 0 N–H and O–H groups in total. The summed E-state index contributed by atoms with van der Waals surface area (Å²) in [6.45, 7) is 0.513. The highest BCUT2D eigenvalue weighted by Crippen LogP contribution is 2.34. The van der Waals surface area contributed by atoms with Crippen molar-refractivity contribution in [3.05, 3.63) is 66.2 Å². The molecule has 3 heteroatoms. The van der Waals surface area contributed by atoms with Gasteiger partial charge in [0.15, 0.2) is 11.5 Å². The lowest BCUT2D eigenvalue weighted by atomic mass is 10.1. The van der Waals surface area contributed by atoms with E-state index in [1.54, 1.807) is 14.2 Å². The van der Waals surface area contributed by atoms with E-state index in [1.165, 1.54) is 0 Å². The Morgan fingerprint density at radius 3 is 2.23 bits per heavy atom. The van der Waals surface area contributed by atoms with Gasteiger partial charge in [-0.05, 0) is 40.6 Å². The van der Waals surface area contributed by atoms with E-state index in [2.05, 4.69) is 0 Å². The zero-order valence-corrected chi connectivity index (χ0v) is 12.7. The molecule has 0 aliphatic carbocycles. The predicted octanol–water partition coefficient (Wildman–Crippen LogP) is 4.44. The molecule has 0 fully saturated rings. The average Bonchev–Trinajstić information content (AvgIpc) is 2.59. The Labute approximate surface area is 130 Å². The molecular weight excluding hydrogens is 276 g/mol. The van der Waals surface area contributed by atoms with E-state index in [9.17, 15) is 0 Å². The van der Waals surface area contributed by atoms with Gasteiger partial charge in [-0.15, -0.1) is 0 Å². The monoisotopic (exact) mass is 294 g/mol. The molecule has 0 heterocycles. The Hall–Kier alpha value is -2.68. The number of hydrogen-bond acceptors (Lipinski definition) is 3. The molecule has 0 aliphatic rings. The van der Waals surface area contributed by atoms with Gasteiger partial charge < -0.3 is 14.2 Å². The van der Waals surface area contributed by atoms with Crippen molar-refractivity contribution < 1.29 is 14.2 Å². The van der Waals surface area contributed by atoms with E-state index in [4.69, 9.17) is 14.2 Å². The van der Waals surface area contributed by atoms with Crippen LogP contribution in [0.5, 0.6) is 17.2 Å². The molecule has 0 amide bonds. The van der Waals surface area contributed by atoms with Gasteiger partial charge in [0.1, 0.15) is 12.4 Å². The van der Waals surface area contributed by atoms with E-state index in [0.717, 1.165) is 33.6 Å². The van der Waals surface area contributed by atoms with Crippen LogP contribution in [0.25, 0.3) is 10.8 Å². The zero-order valence-electron chi connectivity index (χ0n) is 12.7. The standard InChI is InChI=1S/C19H18O3/c1-20-17-9-8-15-11-19(18(21-2)12-16(15)10-17)22-13-14-6-4-3-5-7-14/h3-12H,13H2,1-2H3. The van der Waals surface area contributed by atoms with E-state index >= 15 is 0 Å². The summed E-state index contributed by atoms with van der Waals surface area (Å²) in [4.78, 5) is 0. The fourth-order valence-corrected chi connectivity index (χ4v) is 2.37. The highest BCUT2D eigenvalue weighted by atomic mass is 16.5. The molecular formula is C19H18O3. The lowest BCUT2D eigenvalue weighted by molar-refractivity contribution is 0.285. The summed E-state index contributed by atoms with van der Waals surface area (Å²) < 4.78 is 16.6. The van der Waals surface area contributed by atoms with E-state index in [1.807, 2.05) is 60.7 Å². The number of hydrogen-bond donors (Lipinski definition) is 0. The number of fused-ring (bicyclic) bond motifs is 1. The Bertz CT molecular complexity index is 766. The molecule has 3 aromatic carbocycles. The molecule has 0 aliphatic heterocycles. The molecule has 0 saturated carbocycles. The Kier molecular flexibility index (Phi) is 4.15. The van der Waals surface area contributed by atoms with Gasteiger partial charge in [-0.2, -0.15) is 0 Å². The average molecular weight is 294 g/mol. The van der Waals surface area contributed by atoms with Crippen LogP contribution >= 0.6 is 0 Å². The number of benzene rings is 3. The fraction of sp³-hybridized carbons (Fsp3) is 0.158. The molecule has 3 aromatic rings. The molecule has 0 atom stereocenters. The zero-order chi connectivity index (χ0) is 15.4. The van der Waals surface area contributed by atoms with E-state index < -0.39 is 0 Å². The summed E-state index contributed by atoms with van der Waals surface area (Å²) in [5.41, 5.74) is 1.12. The fourth-order valence-electron chi connectivity index (χ4n) is 2.37. The van der Waals surface area contributed by atoms with Crippen molar-refractivity contribution in [1.82, 2.24) is 0 Å². The van der Waals surface area contributed by atoms with Crippen molar-refractivity contribution in [2.75, 3.05) is 14.2 Å². The number of rotatable bonds is 5. The second kappa shape index (κ2) is 6.39. The molecule has 112 valence electrons. The lowest BCUT2D eigenvalue weighted by Gasteiger charge is -2.13. The smallest absolute Gasteiger partial charge is 0.162 e. The van der Waals surface area contributed by atoms with E-state index in [-0.39, 0.29) is 0 Å². The maximum absolute atomic E-state index is 5.92. The highest BCUT2D eigenvalue weighted by Gasteiger charge is 2.08. The van der Waals surface area contributed by atoms with Gasteiger partial charge in [0, 0.05) is 0 Å². The molecule has 0 saturated heterocycles. The quantitative estimate of drug-likeness (QED) is 0.696. The Morgan fingerprint density at radius 2 is 1.50 bits per heavy atom. The normalized spacial score (nSPS) is 10.5. The van der Waals surface area contributed by atoms with E-state index in [0.29, 0.717) is 6.61 Å². The maximum atomic E-state index is 5.92. The Balaban J connectivity index is 1.91.